The molecule has 84 valence electrons. The Morgan fingerprint density at radius 1 is 1.36 bits per heavy atom. The van der Waals surface area contributed by atoms with Gasteiger partial charge in [0.15, 0.2) is 0 Å². The molecule has 1 fully saturated rings. The minimum absolute atomic E-state index is 0.551. The molecule has 1 nitrogen and oxygen atoms in total. The van der Waals surface area contributed by atoms with E-state index in [1.165, 1.54) is 38.9 Å². The maximum absolute atomic E-state index is 5.72. The van der Waals surface area contributed by atoms with Crippen molar-refractivity contribution in [2.75, 3.05) is 25.5 Å². The topological polar surface area (TPSA) is 3.24 Å². The van der Waals surface area contributed by atoms with Crippen LogP contribution in [0, 0.1) is 11.3 Å². The van der Waals surface area contributed by atoms with Crippen LogP contribution in [-0.4, -0.2) is 30.4 Å². The Kier molecular flexibility index (Phi) is 4.72. The molecule has 1 heterocycles. The molecule has 0 aromatic rings. The van der Waals surface area contributed by atoms with Gasteiger partial charge in [-0.3, -0.25) is 0 Å². The summed E-state index contributed by atoms with van der Waals surface area (Å²) in [7, 11) is 0. The molecule has 0 aromatic carbocycles. The van der Waals surface area contributed by atoms with E-state index in [1.807, 2.05) is 0 Å². The Bertz CT molecular complexity index is 168. The second kappa shape index (κ2) is 5.37. The summed E-state index contributed by atoms with van der Waals surface area (Å²) in [5.41, 5.74) is 0.551. The zero-order valence-electron chi connectivity index (χ0n) is 9.85. The van der Waals surface area contributed by atoms with E-state index in [0.29, 0.717) is 5.41 Å². The Balaban J connectivity index is 2.14. The lowest BCUT2D eigenvalue weighted by Gasteiger charge is -2.21. The zero-order chi connectivity index (χ0) is 10.6. The van der Waals surface area contributed by atoms with Gasteiger partial charge < -0.3 is 4.90 Å². The standard InChI is InChI=1S/C12H24ClN/c1-11(4-7-13)5-8-14-9-6-12(2,3)10-14/h11H,4-10H2,1-3H3. The summed E-state index contributed by atoms with van der Waals surface area (Å²) in [5.74, 6) is 1.60. The molecule has 1 aliphatic rings. The van der Waals surface area contributed by atoms with Crippen LogP contribution < -0.4 is 0 Å². The molecule has 0 saturated carbocycles. The van der Waals surface area contributed by atoms with Gasteiger partial charge in [-0.1, -0.05) is 20.8 Å². The number of rotatable bonds is 5. The van der Waals surface area contributed by atoms with Crippen LogP contribution in [0.5, 0.6) is 0 Å². The van der Waals surface area contributed by atoms with Crippen molar-refractivity contribution in [3.63, 3.8) is 0 Å². The normalized spacial score (nSPS) is 24.0. The number of hydrogen-bond donors (Lipinski definition) is 0. The fraction of sp³-hybridized carbons (Fsp3) is 1.00. The first-order chi connectivity index (χ1) is 6.53. The maximum atomic E-state index is 5.72. The summed E-state index contributed by atoms with van der Waals surface area (Å²) < 4.78 is 0. The highest BCUT2D eigenvalue weighted by atomic mass is 35.5. The molecule has 0 N–H and O–H groups in total. The Labute approximate surface area is 93.8 Å². The quantitative estimate of drug-likeness (QED) is 0.639. The molecule has 0 bridgehead atoms. The molecule has 1 saturated heterocycles. The lowest BCUT2D eigenvalue weighted by Crippen LogP contribution is -2.25. The van der Waals surface area contributed by atoms with Gasteiger partial charge in [0.05, 0.1) is 0 Å². The van der Waals surface area contributed by atoms with Crippen molar-refractivity contribution in [3.05, 3.63) is 0 Å². The minimum atomic E-state index is 0.551. The van der Waals surface area contributed by atoms with Crippen LogP contribution in [0.25, 0.3) is 0 Å². The molecular formula is C12H24ClN. The maximum Gasteiger partial charge on any atom is 0.0225 e. The average Bonchev–Trinajstić information content (AvgIpc) is 2.43. The summed E-state index contributed by atoms with van der Waals surface area (Å²) in [6.45, 7) is 10.9. The van der Waals surface area contributed by atoms with E-state index in [9.17, 15) is 0 Å². The third kappa shape index (κ3) is 4.18. The number of alkyl halides is 1. The highest BCUT2D eigenvalue weighted by Crippen LogP contribution is 2.29. The molecule has 14 heavy (non-hydrogen) atoms. The van der Waals surface area contributed by atoms with Crippen molar-refractivity contribution in [2.24, 2.45) is 11.3 Å². The summed E-state index contributed by atoms with van der Waals surface area (Å²) in [6, 6.07) is 0. The SMILES string of the molecule is CC(CCCl)CCN1CCC(C)(C)C1. The molecule has 0 radical (unpaired) electrons. The van der Waals surface area contributed by atoms with Crippen LogP contribution in [0.2, 0.25) is 0 Å². The molecule has 0 spiro atoms. The lowest BCUT2D eigenvalue weighted by molar-refractivity contribution is 0.271. The van der Waals surface area contributed by atoms with Gasteiger partial charge in [0.2, 0.25) is 0 Å². The van der Waals surface area contributed by atoms with E-state index in [0.717, 1.165) is 11.8 Å². The molecular weight excluding hydrogens is 194 g/mol. The number of halogens is 1. The molecule has 0 aromatic heterocycles. The molecule has 0 aliphatic carbocycles. The Hall–Kier alpha value is 0.250. The van der Waals surface area contributed by atoms with E-state index < -0.39 is 0 Å². The fourth-order valence-electron chi connectivity index (χ4n) is 2.15. The predicted molar refractivity (Wildman–Crippen MR) is 64.0 cm³/mol. The smallest absolute Gasteiger partial charge is 0.0225 e. The predicted octanol–water partition coefficient (Wildman–Crippen LogP) is 3.37. The number of likely N-dealkylation sites (tertiary alicyclic amines) is 1. The van der Waals surface area contributed by atoms with Crippen molar-refractivity contribution in [1.82, 2.24) is 4.90 Å². The number of nitrogens with zero attached hydrogens (tertiary/aromatic N) is 1. The van der Waals surface area contributed by atoms with E-state index in [1.54, 1.807) is 0 Å². The van der Waals surface area contributed by atoms with Crippen molar-refractivity contribution >= 4 is 11.6 Å². The van der Waals surface area contributed by atoms with Crippen LogP contribution in [0.15, 0.2) is 0 Å². The van der Waals surface area contributed by atoms with Gasteiger partial charge in [-0.15, -0.1) is 11.6 Å². The number of hydrogen-bond acceptors (Lipinski definition) is 1. The molecule has 1 unspecified atom stereocenters. The van der Waals surface area contributed by atoms with Gasteiger partial charge >= 0.3 is 0 Å². The first-order valence-electron chi connectivity index (χ1n) is 5.82. The third-order valence-electron chi connectivity index (χ3n) is 3.30. The van der Waals surface area contributed by atoms with Gasteiger partial charge in [0, 0.05) is 12.4 Å². The Morgan fingerprint density at radius 2 is 2.07 bits per heavy atom. The zero-order valence-corrected chi connectivity index (χ0v) is 10.6. The van der Waals surface area contributed by atoms with Crippen molar-refractivity contribution in [3.8, 4) is 0 Å². The molecule has 2 heteroatoms. The van der Waals surface area contributed by atoms with Crippen LogP contribution >= 0.6 is 11.6 Å². The third-order valence-corrected chi connectivity index (χ3v) is 3.51. The monoisotopic (exact) mass is 217 g/mol. The van der Waals surface area contributed by atoms with Crippen LogP contribution in [-0.2, 0) is 0 Å². The van der Waals surface area contributed by atoms with Crippen molar-refractivity contribution < 1.29 is 0 Å². The van der Waals surface area contributed by atoms with Gasteiger partial charge in [-0.2, -0.15) is 0 Å². The summed E-state index contributed by atoms with van der Waals surface area (Å²) in [4.78, 5) is 2.60. The van der Waals surface area contributed by atoms with Gasteiger partial charge in [0.25, 0.3) is 0 Å². The highest BCUT2D eigenvalue weighted by Gasteiger charge is 2.28. The van der Waals surface area contributed by atoms with E-state index in [2.05, 4.69) is 25.7 Å². The van der Waals surface area contributed by atoms with Gasteiger partial charge in [-0.25, -0.2) is 0 Å². The summed E-state index contributed by atoms with van der Waals surface area (Å²) in [5, 5.41) is 0. The fourth-order valence-corrected chi connectivity index (χ4v) is 2.52. The van der Waals surface area contributed by atoms with E-state index in [-0.39, 0.29) is 0 Å². The average molecular weight is 218 g/mol. The molecule has 1 rings (SSSR count). The van der Waals surface area contributed by atoms with Crippen LogP contribution in [0.4, 0.5) is 0 Å². The minimum Gasteiger partial charge on any atom is -0.303 e. The first-order valence-corrected chi connectivity index (χ1v) is 6.35. The summed E-state index contributed by atoms with van der Waals surface area (Å²) >= 11 is 5.72. The summed E-state index contributed by atoms with van der Waals surface area (Å²) in [6.07, 6.45) is 3.83. The van der Waals surface area contributed by atoms with E-state index in [4.69, 9.17) is 11.6 Å². The van der Waals surface area contributed by atoms with Crippen molar-refractivity contribution in [2.45, 2.75) is 40.0 Å². The van der Waals surface area contributed by atoms with Gasteiger partial charge in [0.1, 0.15) is 0 Å². The van der Waals surface area contributed by atoms with Gasteiger partial charge in [-0.05, 0) is 43.7 Å². The molecule has 1 aliphatic heterocycles. The highest BCUT2D eigenvalue weighted by molar-refractivity contribution is 6.17. The second-order valence-electron chi connectivity index (χ2n) is 5.56. The van der Waals surface area contributed by atoms with Crippen LogP contribution in [0.1, 0.15) is 40.0 Å². The first kappa shape index (κ1) is 12.3. The Morgan fingerprint density at radius 3 is 2.57 bits per heavy atom. The van der Waals surface area contributed by atoms with E-state index >= 15 is 0 Å². The largest absolute Gasteiger partial charge is 0.303 e. The van der Waals surface area contributed by atoms with Crippen LogP contribution in [0.3, 0.4) is 0 Å². The molecule has 0 amide bonds. The molecule has 1 atom stereocenters. The second-order valence-corrected chi connectivity index (χ2v) is 5.94. The lowest BCUT2D eigenvalue weighted by atomic mass is 9.93. The van der Waals surface area contributed by atoms with Crippen molar-refractivity contribution in [1.29, 1.82) is 0 Å².